The van der Waals surface area contributed by atoms with Gasteiger partial charge >= 0.3 is 5.97 Å². The lowest BCUT2D eigenvalue weighted by Crippen LogP contribution is -2.00. The summed E-state index contributed by atoms with van der Waals surface area (Å²) in [6.07, 6.45) is 1.83. The molecule has 2 aromatic carbocycles. The van der Waals surface area contributed by atoms with Crippen LogP contribution in [0.2, 0.25) is 0 Å². The van der Waals surface area contributed by atoms with Crippen LogP contribution in [0.5, 0.6) is 5.75 Å². The highest BCUT2D eigenvalue weighted by Gasteiger charge is 2.16. The molecule has 0 unspecified atom stereocenters. The van der Waals surface area contributed by atoms with Crippen LogP contribution < -0.4 is 0 Å². The molecule has 0 saturated heterocycles. The van der Waals surface area contributed by atoms with E-state index in [0.29, 0.717) is 5.56 Å². The normalized spacial score (nSPS) is 10.7. The lowest BCUT2D eigenvalue weighted by Gasteiger charge is -2.08. The molecule has 0 bridgehead atoms. The lowest BCUT2D eigenvalue weighted by molar-refractivity contribution is 0.0694. The summed E-state index contributed by atoms with van der Waals surface area (Å²) in [5, 5.41) is 19.9. The maximum atomic E-state index is 11.3. The van der Waals surface area contributed by atoms with E-state index in [1.807, 2.05) is 30.5 Å². The summed E-state index contributed by atoms with van der Waals surface area (Å²) in [6.45, 7) is 0. The van der Waals surface area contributed by atoms with Gasteiger partial charge in [-0.05, 0) is 40.8 Å². The Hall–Kier alpha value is -2.75. The average molecular weight is 253 g/mol. The molecule has 0 radical (unpaired) electrons. The maximum Gasteiger partial charge on any atom is 0.340 e. The molecule has 4 nitrogen and oxygen atoms in total. The molecule has 3 aromatic rings. The van der Waals surface area contributed by atoms with Gasteiger partial charge < -0.3 is 15.2 Å². The second-order valence-corrected chi connectivity index (χ2v) is 4.28. The molecule has 0 atom stereocenters. The number of fused-ring (bicyclic) bond motifs is 1. The summed E-state index contributed by atoms with van der Waals surface area (Å²) in [5.74, 6) is -1.36. The molecule has 3 rings (SSSR count). The molecule has 3 N–H and O–H groups in total. The van der Waals surface area contributed by atoms with E-state index in [1.165, 1.54) is 6.07 Å². The van der Waals surface area contributed by atoms with Gasteiger partial charge in [-0.1, -0.05) is 18.2 Å². The molecule has 0 spiro atoms. The molecule has 1 heterocycles. The van der Waals surface area contributed by atoms with Gasteiger partial charge in [0.25, 0.3) is 0 Å². The van der Waals surface area contributed by atoms with Gasteiger partial charge in [0.2, 0.25) is 0 Å². The van der Waals surface area contributed by atoms with E-state index in [0.717, 1.165) is 16.5 Å². The van der Waals surface area contributed by atoms with Crippen molar-refractivity contribution in [1.82, 2.24) is 4.98 Å². The van der Waals surface area contributed by atoms with E-state index in [1.54, 1.807) is 12.1 Å². The van der Waals surface area contributed by atoms with Crippen molar-refractivity contribution < 1.29 is 15.0 Å². The largest absolute Gasteiger partial charge is 0.507 e. The summed E-state index contributed by atoms with van der Waals surface area (Å²) in [4.78, 5) is 14.3. The van der Waals surface area contributed by atoms with E-state index >= 15 is 0 Å². The Kier molecular flexibility index (Phi) is 2.49. The van der Waals surface area contributed by atoms with Crippen LogP contribution in [0.25, 0.3) is 22.0 Å². The molecular formula is C15H11NO3. The zero-order chi connectivity index (χ0) is 13.4. The molecule has 0 fully saturated rings. The van der Waals surface area contributed by atoms with Crippen molar-refractivity contribution in [1.29, 1.82) is 0 Å². The highest BCUT2D eigenvalue weighted by molar-refractivity contribution is 6.00. The number of aromatic hydroxyl groups is 1. The predicted molar refractivity (Wildman–Crippen MR) is 72.4 cm³/mol. The van der Waals surface area contributed by atoms with Crippen molar-refractivity contribution in [3.8, 4) is 16.9 Å². The minimum Gasteiger partial charge on any atom is -0.507 e. The summed E-state index contributed by atoms with van der Waals surface area (Å²) in [7, 11) is 0. The number of rotatable bonds is 2. The number of phenols is 1. The van der Waals surface area contributed by atoms with Gasteiger partial charge in [0.15, 0.2) is 0 Å². The zero-order valence-corrected chi connectivity index (χ0v) is 9.92. The number of benzene rings is 2. The SMILES string of the molecule is O=C(O)c1c(O)cccc1-c1ccc2[nH]ccc2c1. The first-order chi connectivity index (χ1) is 9.16. The number of H-pyrrole nitrogens is 1. The van der Waals surface area contributed by atoms with E-state index in [2.05, 4.69) is 4.98 Å². The number of aromatic carboxylic acids is 1. The van der Waals surface area contributed by atoms with E-state index in [4.69, 9.17) is 0 Å². The number of hydrogen-bond donors (Lipinski definition) is 3. The van der Waals surface area contributed by atoms with E-state index in [-0.39, 0.29) is 11.3 Å². The molecule has 94 valence electrons. The molecule has 0 aliphatic carbocycles. The molecule has 0 saturated carbocycles. The fourth-order valence-corrected chi connectivity index (χ4v) is 2.23. The third-order valence-electron chi connectivity index (χ3n) is 3.12. The van der Waals surface area contributed by atoms with Gasteiger partial charge in [0, 0.05) is 11.7 Å². The molecule has 1 aromatic heterocycles. The second kappa shape index (κ2) is 4.17. The Bertz CT molecular complexity index is 774. The van der Waals surface area contributed by atoms with Gasteiger partial charge in [0.1, 0.15) is 11.3 Å². The Labute approximate surface area is 108 Å². The third-order valence-corrected chi connectivity index (χ3v) is 3.12. The minimum atomic E-state index is -1.14. The van der Waals surface area contributed by atoms with Gasteiger partial charge in [-0.2, -0.15) is 0 Å². The number of carboxylic acid groups (broad SMARTS) is 1. The predicted octanol–water partition coefficient (Wildman–Crippen LogP) is 3.24. The fourth-order valence-electron chi connectivity index (χ4n) is 2.23. The van der Waals surface area contributed by atoms with Crippen LogP contribution in [0, 0.1) is 0 Å². The van der Waals surface area contributed by atoms with Crippen molar-refractivity contribution >= 4 is 16.9 Å². The Balaban J connectivity index is 2.26. The molecule has 4 heteroatoms. The van der Waals surface area contributed by atoms with Crippen LogP contribution in [-0.2, 0) is 0 Å². The molecule has 19 heavy (non-hydrogen) atoms. The first kappa shape index (κ1) is 11.3. The smallest absolute Gasteiger partial charge is 0.340 e. The van der Waals surface area contributed by atoms with Crippen LogP contribution in [0.15, 0.2) is 48.7 Å². The van der Waals surface area contributed by atoms with Crippen molar-refractivity contribution in [2.24, 2.45) is 0 Å². The van der Waals surface area contributed by atoms with Crippen molar-refractivity contribution in [2.45, 2.75) is 0 Å². The summed E-state index contributed by atoms with van der Waals surface area (Å²) in [6, 6.07) is 12.2. The van der Waals surface area contributed by atoms with Crippen molar-refractivity contribution in [2.75, 3.05) is 0 Å². The third kappa shape index (κ3) is 1.83. The summed E-state index contributed by atoms with van der Waals surface area (Å²) >= 11 is 0. The van der Waals surface area contributed by atoms with E-state index < -0.39 is 5.97 Å². The van der Waals surface area contributed by atoms with Gasteiger partial charge in [-0.15, -0.1) is 0 Å². The minimum absolute atomic E-state index is 0.0719. The Morgan fingerprint density at radius 3 is 2.74 bits per heavy atom. The number of nitrogens with one attached hydrogen (secondary N) is 1. The first-order valence-corrected chi connectivity index (χ1v) is 5.79. The second-order valence-electron chi connectivity index (χ2n) is 4.28. The van der Waals surface area contributed by atoms with Crippen LogP contribution >= 0.6 is 0 Å². The van der Waals surface area contributed by atoms with Crippen LogP contribution in [0.3, 0.4) is 0 Å². The van der Waals surface area contributed by atoms with Crippen molar-refractivity contribution in [3.05, 3.63) is 54.2 Å². The molecule has 0 aliphatic rings. The first-order valence-electron chi connectivity index (χ1n) is 5.79. The lowest BCUT2D eigenvalue weighted by atomic mass is 9.98. The highest BCUT2D eigenvalue weighted by atomic mass is 16.4. The summed E-state index contributed by atoms with van der Waals surface area (Å²) in [5.41, 5.74) is 2.19. The monoisotopic (exact) mass is 253 g/mol. The van der Waals surface area contributed by atoms with Crippen LogP contribution in [-0.4, -0.2) is 21.2 Å². The van der Waals surface area contributed by atoms with Crippen LogP contribution in [0.4, 0.5) is 0 Å². The van der Waals surface area contributed by atoms with E-state index in [9.17, 15) is 15.0 Å². The molecule has 0 amide bonds. The number of carbonyl (C=O) groups is 1. The van der Waals surface area contributed by atoms with Gasteiger partial charge in [-0.3, -0.25) is 0 Å². The number of carboxylic acids is 1. The number of hydrogen-bond acceptors (Lipinski definition) is 2. The van der Waals surface area contributed by atoms with Gasteiger partial charge in [-0.25, -0.2) is 4.79 Å². The van der Waals surface area contributed by atoms with Crippen molar-refractivity contribution in [3.63, 3.8) is 0 Å². The topological polar surface area (TPSA) is 73.3 Å². The highest BCUT2D eigenvalue weighted by Crippen LogP contribution is 2.31. The van der Waals surface area contributed by atoms with Crippen LogP contribution in [0.1, 0.15) is 10.4 Å². The maximum absolute atomic E-state index is 11.3. The quantitative estimate of drug-likeness (QED) is 0.656. The fraction of sp³-hybridized carbons (Fsp3) is 0. The van der Waals surface area contributed by atoms with Gasteiger partial charge in [0.05, 0.1) is 0 Å². The number of aromatic nitrogens is 1. The average Bonchev–Trinajstić information content (AvgIpc) is 2.85. The zero-order valence-electron chi connectivity index (χ0n) is 9.92. The Morgan fingerprint density at radius 2 is 1.95 bits per heavy atom. The molecule has 0 aliphatic heterocycles. The number of aromatic amines is 1. The summed E-state index contributed by atoms with van der Waals surface area (Å²) < 4.78 is 0. The Morgan fingerprint density at radius 1 is 1.11 bits per heavy atom. The molecular weight excluding hydrogens is 242 g/mol. The standard InChI is InChI=1S/C15H11NO3/c17-13-3-1-2-11(14(13)15(18)19)9-4-5-12-10(8-9)6-7-16-12/h1-8,16-17H,(H,18,19).